The highest BCUT2D eigenvalue weighted by Gasteiger charge is 2.14. The van der Waals surface area contributed by atoms with Crippen molar-refractivity contribution in [1.29, 1.82) is 0 Å². The van der Waals surface area contributed by atoms with Crippen LogP contribution in [0, 0.1) is 0 Å². The van der Waals surface area contributed by atoms with Crippen LogP contribution in [0.15, 0.2) is 60.7 Å². The molecule has 2 aromatic carbocycles. The second-order valence-corrected chi connectivity index (χ2v) is 5.51. The number of esters is 1. The minimum Gasteiger partial charge on any atom is -0.465 e. The van der Waals surface area contributed by atoms with Crippen molar-refractivity contribution >= 4 is 17.8 Å². The van der Waals surface area contributed by atoms with Gasteiger partial charge in [0, 0.05) is 11.1 Å². The zero-order valence-electron chi connectivity index (χ0n) is 14.4. The molecule has 0 radical (unpaired) electrons. The van der Waals surface area contributed by atoms with Crippen LogP contribution in [0.1, 0.15) is 31.2 Å². The first kappa shape index (κ1) is 17.9. The molecular formula is C19H16N4O4. The fraction of sp³-hybridized carbons (Fsp3) is 0.0526. The molecule has 0 aliphatic heterocycles. The van der Waals surface area contributed by atoms with E-state index >= 15 is 0 Å². The van der Waals surface area contributed by atoms with Crippen molar-refractivity contribution in [3.63, 3.8) is 0 Å². The van der Waals surface area contributed by atoms with Crippen molar-refractivity contribution in [2.24, 2.45) is 0 Å². The van der Waals surface area contributed by atoms with Gasteiger partial charge >= 0.3 is 5.97 Å². The molecule has 0 spiro atoms. The molecule has 0 saturated carbocycles. The maximum Gasteiger partial charge on any atom is 0.337 e. The van der Waals surface area contributed by atoms with Crippen LogP contribution in [0.2, 0.25) is 0 Å². The number of methoxy groups -OCH3 is 1. The SMILES string of the molecule is COC(=O)c1cccc(C(=O)NNC(=O)c2cc(-c3ccccc3)n[nH]2)c1. The van der Waals surface area contributed by atoms with Gasteiger partial charge in [0.2, 0.25) is 0 Å². The number of aromatic nitrogens is 2. The number of nitrogens with zero attached hydrogens (tertiary/aromatic N) is 1. The van der Waals surface area contributed by atoms with Crippen molar-refractivity contribution in [2.45, 2.75) is 0 Å². The number of amides is 2. The van der Waals surface area contributed by atoms with Crippen molar-refractivity contribution < 1.29 is 19.1 Å². The molecule has 0 unspecified atom stereocenters. The standard InChI is InChI=1S/C19H16N4O4/c1-27-19(26)14-9-5-8-13(10-14)17(24)22-23-18(25)16-11-15(20-21-16)12-6-3-2-4-7-12/h2-11H,1H3,(H,20,21)(H,22,24)(H,23,25). The minimum absolute atomic E-state index is 0.192. The zero-order valence-corrected chi connectivity index (χ0v) is 14.4. The number of hydrogen-bond donors (Lipinski definition) is 3. The van der Waals surface area contributed by atoms with Gasteiger partial charge in [-0.3, -0.25) is 25.5 Å². The molecule has 3 N–H and O–H groups in total. The van der Waals surface area contributed by atoms with Crippen LogP contribution >= 0.6 is 0 Å². The maximum absolute atomic E-state index is 12.2. The maximum atomic E-state index is 12.2. The van der Waals surface area contributed by atoms with E-state index in [1.165, 1.54) is 25.3 Å². The largest absolute Gasteiger partial charge is 0.465 e. The van der Waals surface area contributed by atoms with Crippen molar-refractivity contribution in [1.82, 2.24) is 21.0 Å². The van der Waals surface area contributed by atoms with Crippen LogP contribution in [0.4, 0.5) is 0 Å². The molecule has 0 saturated heterocycles. The molecule has 1 heterocycles. The summed E-state index contributed by atoms with van der Waals surface area (Å²) in [5, 5.41) is 6.71. The predicted octanol–water partition coefficient (Wildman–Crippen LogP) is 1.94. The number of hydrogen-bond acceptors (Lipinski definition) is 5. The summed E-state index contributed by atoms with van der Waals surface area (Å²) >= 11 is 0. The first-order valence-electron chi connectivity index (χ1n) is 7.98. The second kappa shape index (κ2) is 7.96. The summed E-state index contributed by atoms with van der Waals surface area (Å²) in [5.74, 6) is -1.68. The van der Waals surface area contributed by atoms with Gasteiger partial charge in [-0.2, -0.15) is 5.10 Å². The number of nitrogens with one attached hydrogen (secondary N) is 3. The van der Waals surface area contributed by atoms with Gasteiger partial charge in [0.05, 0.1) is 18.4 Å². The topological polar surface area (TPSA) is 113 Å². The third kappa shape index (κ3) is 4.18. The summed E-state index contributed by atoms with van der Waals surface area (Å²) in [6.45, 7) is 0. The molecule has 0 bridgehead atoms. The molecule has 2 amide bonds. The molecule has 0 atom stereocenters. The second-order valence-electron chi connectivity index (χ2n) is 5.51. The first-order chi connectivity index (χ1) is 13.1. The molecule has 8 heteroatoms. The minimum atomic E-state index is -0.572. The van der Waals surface area contributed by atoms with Gasteiger partial charge in [0.15, 0.2) is 0 Å². The van der Waals surface area contributed by atoms with E-state index in [1.807, 2.05) is 30.3 Å². The van der Waals surface area contributed by atoms with Gasteiger partial charge in [0.1, 0.15) is 5.69 Å². The number of carbonyl (C=O) groups excluding carboxylic acids is 3. The van der Waals surface area contributed by atoms with E-state index in [0.29, 0.717) is 5.69 Å². The van der Waals surface area contributed by atoms with E-state index in [9.17, 15) is 14.4 Å². The van der Waals surface area contributed by atoms with Crippen LogP contribution in [0.3, 0.4) is 0 Å². The third-order valence-corrected chi connectivity index (χ3v) is 3.73. The van der Waals surface area contributed by atoms with Crippen molar-refractivity contribution in [3.8, 4) is 11.3 Å². The highest BCUT2D eigenvalue weighted by molar-refractivity contribution is 6.00. The summed E-state index contributed by atoms with van der Waals surface area (Å²) < 4.78 is 4.61. The van der Waals surface area contributed by atoms with E-state index < -0.39 is 17.8 Å². The monoisotopic (exact) mass is 364 g/mol. The fourth-order valence-corrected chi connectivity index (χ4v) is 2.35. The molecular weight excluding hydrogens is 348 g/mol. The summed E-state index contributed by atoms with van der Waals surface area (Å²) in [7, 11) is 1.25. The summed E-state index contributed by atoms with van der Waals surface area (Å²) in [4.78, 5) is 35.9. The highest BCUT2D eigenvalue weighted by atomic mass is 16.5. The Hall–Kier alpha value is -3.94. The Morgan fingerprint density at radius 1 is 0.889 bits per heavy atom. The van der Waals surface area contributed by atoms with Crippen molar-refractivity contribution in [3.05, 3.63) is 77.5 Å². The lowest BCUT2D eigenvalue weighted by atomic mass is 10.1. The summed E-state index contributed by atoms with van der Waals surface area (Å²) in [5.41, 5.74) is 6.69. The number of aromatic amines is 1. The molecule has 8 nitrogen and oxygen atoms in total. The molecule has 3 rings (SSSR count). The van der Waals surface area contributed by atoms with Gasteiger partial charge < -0.3 is 4.74 Å². The van der Waals surface area contributed by atoms with Gasteiger partial charge in [0.25, 0.3) is 11.8 Å². The Labute approximate surface area is 154 Å². The van der Waals surface area contributed by atoms with Crippen LogP contribution < -0.4 is 10.9 Å². The predicted molar refractivity (Wildman–Crippen MR) is 96.7 cm³/mol. The number of rotatable bonds is 4. The molecule has 136 valence electrons. The molecule has 27 heavy (non-hydrogen) atoms. The summed E-state index contributed by atoms with van der Waals surface area (Å²) in [6, 6.07) is 16.9. The van der Waals surface area contributed by atoms with Crippen molar-refractivity contribution in [2.75, 3.05) is 7.11 Å². The van der Waals surface area contributed by atoms with E-state index in [-0.39, 0.29) is 16.8 Å². The van der Waals surface area contributed by atoms with Gasteiger partial charge in [-0.1, -0.05) is 36.4 Å². The Bertz CT molecular complexity index is 982. The fourth-order valence-electron chi connectivity index (χ4n) is 2.35. The van der Waals surface area contributed by atoms with E-state index in [0.717, 1.165) is 5.56 Å². The Morgan fingerprint density at radius 2 is 1.59 bits per heavy atom. The third-order valence-electron chi connectivity index (χ3n) is 3.73. The first-order valence-corrected chi connectivity index (χ1v) is 7.98. The normalized spacial score (nSPS) is 10.1. The number of hydrazine groups is 1. The average Bonchev–Trinajstić information content (AvgIpc) is 3.22. The molecule has 1 aromatic heterocycles. The highest BCUT2D eigenvalue weighted by Crippen LogP contribution is 2.16. The van der Waals surface area contributed by atoms with E-state index in [1.54, 1.807) is 12.1 Å². The van der Waals surface area contributed by atoms with Gasteiger partial charge in [-0.15, -0.1) is 0 Å². The zero-order chi connectivity index (χ0) is 19.2. The van der Waals surface area contributed by atoms with Crippen LogP contribution in [0.5, 0.6) is 0 Å². The number of carbonyl (C=O) groups is 3. The smallest absolute Gasteiger partial charge is 0.337 e. The molecule has 0 aliphatic rings. The van der Waals surface area contributed by atoms with Gasteiger partial charge in [-0.25, -0.2) is 4.79 Å². The van der Waals surface area contributed by atoms with Gasteiger partial charge in [-0.05, 0) is 24.3 Å². The van der Waals surface area contributed by atoms with Crippen LogP contribution in [-0.4, -0.2) is 35.1 Å². The Balaban J connectivity index is 1.63. The molecule has 3 aromatic rings. The number of H-pyrrole nitrogens is 1. The van der Waals surface area contributed by atoms with Crippen LogP contribution in [-0.2, 0) is 4.74 Å². The Kier molecular flexibility index (Phi) is 5.27. The number of benzene rings is 2. The van der Waals surface area contributed by atoms with E-state index in [2.05, 4.69) is 25.8 Å². The molecule has 0 aliphatic carbocycles. The lowest BCUT2D eigenvalue weighted by Gasteiger charge is -2.07. The van der Waals surface area contributed by atoms with E-state index in [4.69, 9.17) is 0 Å². The number of ether oxygens (including phenoxy) is 1. The quantitative estimate of drug-likeness (QED) is 0.484. The Morgan fingerprint density at radius 3 is 2.33 bits per heavy atom. The molecule has 0 fully saturated rings. The lowest BCUT2D eigenvalue weighted by Crippen LogP contribution is -2.41. The van der Waals surface area contributed by atoms with Crippen LogP contribution in [0.25, 0.3) is 11.3 Å². The average molecular weight is 364 g/mol. The lowest BCUT2D eigenvalue weighted by molar-refractivity contribution is 0.0600. The summed E-state index contributed by atoms with van der Waals surface area (Å²) in [6.07, 6.45) is 0.